The van der Waals surface area contributed by atoms with Crippen LogP contribution in [0.1, 0.15) is 40.0 Å². The van der Waals surface area contributed by atoms with Crippen LogP contribution < -0.4 is 5.32 Å². The molecule has 0 radical (unpaired) electrons. The lowest BCUT2D eigenvalue weighted by Crippen LogP contribution is -2.35. The van der Waals surface area contributed by atoms with Crippen LogP contribution in [0.25, 0.3) is 0 Å². The zero-order valence-electron chi connectivity index (χ0n) is 11.4. The number of rotatable bonds is 5. The van der Waals surface area contributed by atoms with Crippen molar-refractivity contribution in [1.82, 2.24) is 10.2 Å². The first kappa shape index (κ1) is 16.7. The topological polar surface area (TPSA) is 32.3 Å². The number of nitrogens with zero attached hydrogens (tertiary/aromatic N) is 1. The molecular formula is C13H27ClN2O. The summed E-state index contributed by atoms with van der Waals surface area (Å²) >= 11 is 0. The number of amides is 1. The van der Waals surface area contributed by atoms with Crippen LogP contribution in [0.15, 0.2) is 0 Å². The zero-order chi connectivity index (χ0) is 12.0. The number of carbonyl (C=O) groups is 1. The van der Waals surface area contributed by atoms with Crippen LogP contribution in [-0.2, 0) is 4.79 Å². The predicted octanol–water partition coefficient (Wildman–Crippen LogP) is 2.30. The van der Waals surface area contributed by atoms with Gasteiger partial charge in [-0.3, -0.25) is 4.79 Å². The molecule has 17 heavy (non-hydrogen) atoms. The van der Waals surface area contributed by atoms with Gasteiger partial charge in [-0.05, 0) is 51.6 Å². The lowest BCUT2D eigenvalue weighted by atomic mass is 9.84. The Kier molecular flexibility index (Phi) is 8.61. The van der Waals surface area contributed by atoms with Gasteiger partial charge in [0.2, 0.25) is 5.91 Å². The molecular weight excluding hydrogens is 236 g/mol. The third kappa shape index (κ3) is 5.26. The normalized spacial score (nSPS) is 18.3. The van der Waals surface area contributed by atoms with E-state index in [0.717, 1.165) is 38.5 Å². The molecule has 1 saturated heterocycles. The van der Waals surface area contributed by atoms with E-state index in [0.29, 0.717) is 11.8 Å². The Hall–Kier alpha value is -0.280. The lowest BCUT2D eigenvalue weighted by Gasteiger charge is -2.29. The Morgan fingerprint density at radius 2 is 1.82 bits per heavy atom. The van der Waals surface area contributed by atoms with Crippen molar-refractivity contribution in [2.75, 3.05) is 26.2 Å². The maximum absolute atomic E-state index is 12.0. The van der Waals surface area contributed by atoms with Crippen molar-refractivity contribution < 1.29 is 4.79 Å². The maximum Gasteiger partial charge on any atom is 0.222 e. The largest absolute Gasteiger partial charge is 0.343 e. The van der Waals surface area contributed by atoms with Crippen molar-refractivity contribution in [2.45, 2.75) is 40.0 Å². The van der Waals surface area contributed by atoms with Gasteiger partial charge in [0.1, 0.15) is 0 Å². The monoisotopic (exact) mass is 262 g/mol. The zero-order valence-corrected chi connectivity index (χ0v) is 12.2. The van der Waals surface area contributed by atoms with E-state index in [9.17, 15) is 4.79 Å². The third-order valence-corrected chi connectivity index (χ3v) is 3.80. The van der Waals surface area contributed by atoms with Crippen molar-refractivity contribution in [2.24, 2.45) is 11.8 Å². The summed E-state index contributed by atoms with van der Waals surface area (Å²) in [4.78, 5) is 13.9. The summed E-state index contributed by atoms with van der Waals surface area (Å²) in [6.07, 6.45) is 3.19. The Bertz CT molecular complexity index is 213. The molecule has 3 nitrogen and oxygen atoms in total. The minimum Gasteiger partial charge on any atom is -0.343 e. The van der Waals surface area contributed by atoms with Crippen LogP contribution in [-0.4, -0.2) is 37.0 Å². The summed E-state index contributed by atoms with van der Waals surface area (Å²) in [6, 6.07) is 0. The molecule has 0 aliphatic carbocycles. The van der Waals surface area contributed by atoms with Gasteiger partial charge in [-0.15, -0.1) is 12.4 Å². The fourth-order valence-corrected chi connectivity index (χ4v) is 2.56. The summed E-state index contributed by atoms with van der Waals surface area (Å²) in [7, 11) is 0. The van der Waals surface area contributed by atoms with Crippen molar-refractivity contribution >= 4 is 18.3 Å². The highest BCUT2D eigenvalue weighted by atomic mass is 35.5. The van der Waals surface area contributed by atoms with Gasteiger partial charge in [0, 0.05) is 19.5 Å². The highest BCUT2D eigenvalue weighted by Crippen LogP contribution is 2.24. The summed E-state index contributed by atoms with van der Waals surface area (Å²) in [6.45, 7) is 10.3. The van der Waals surface area contributed by atoms with E-state index in [1.165, 1.54) is 12.8 Å². The maximum atomic E-state index is 12.0. The Balaban J connectivity index is 0.00000256. The second-order valence-corrected chi connectivity index (χ2v) is 4.83. The number of hydrogen-bond donors (Lipinski definition) is 1. The van der Waals surface area contributed by atoms with Gasteiger partial charge < -0.3 is 10.2 Å². The Morgan fingerprint density at radius 3 is 2.29 bits per heavy atom. The molecule has 1 amide bonds. The van der Waals surface area contributed by atoms with Gasteiger partial charge in [0.25, 0.3) is 0 Å². The SMILES string of the molecule is CCN(CC)C(=O)CC(C)C1CCNCC1.Cl. The van der Waals surface area contributed by atoms with Crippen molar-refractivity contribution in [3.05, 3.63) is 0 Å². The molecule has 1 unspecified atom stereocenters. The Morgan fingerprint density at radius 1 is 1.29 bits per heavy atom. The highest BCUT2D eigenvalue weighted by Gasteiger charge is 2.23. The summed E-state index contributed by atoms with van der Waals surface area (Å²) in [5.74, 6) is 1.60. The van der Waals surface area contributed by atoms with E-state index in [1.807, 2.05) is 4.90 Å². The molecule has 1 N–H and O–H groups in total. The molecule has 4 heteroatoms. The van der Waals surface area contributed by atoms with E-state index in [-0.39, 0.29) is 12.4 Å². The molecule has 102 valence electrons. The van der Waals surface area contributed by atoms with Gasteiger partial charge in [0.05, 0.1) is 0 Å². The summed E-state index contributed by atoms with van der Waals surface area (Å²) in [5, 5.41) is 3.37. The smallest absolute Gasteiger partial charge is 0.222 e. The molecule has 1 atom stereocenters. The molecule has 0 bridgehead atoms. The quantitative estimate of drug-likeness (QED) is 0.825. The standard InChI is InChI=1S/C13H26N2O.ClH/c1-4-15(5-2)13(16)10-11(3)12-6-8-14-9-7-12;/h11-12,14H,4-10H2,1-3H3;1H. The minimum absolute atomic E-state index is 0. The number of piperidine rings is 1. The van der Waals surface area contributed by atoms with Gasteiger partial charge >= 0.3 is 0 Å². The second kappa shape index (κ2) is 8.76. The van der Waals surface area contributed by atoms with Gasteiger partial charge in [-0.1, -0.05) is 6.92 Å². The van der Waals surface area contributed by atoms with E-state index >= 15 is 0 Å². The highest BCUT2D eigenvalue weighted by molar-refractivity contribution is 5.85. The van der Waals surface area contributed by atoms with Crippen LogP contribution >= 0.6 is 12.4 Å². The molecule has 0 aromatic carbocycles. The molecule has 0 spiro atoms. The van der Waals surface area contributed by atoms with Crippen molar-refractivity contribution in [1.29, 1.82) is 0 Å². The van der Waals surface area contributed by atoms with Gasteiger partial charge in [-0.25, -0.2) is 0 Å². The van der Waals surface area contributed by atoms with Crippen molar-refractivity contribution in [3.63, 3.8) is 0 Å². The summed E-state index contributed by atoms with van der Waals surface area (Å²) < 4.78 is 0. The molecule has 1 rings (SSSR count). The number of carbonyl (C=O) groups excluding carboxylic acids is 1. The minimum atomic E-state index is 0. The molecule has 1 aliphatic rings. The number of nitrogens with one attached hydrogen (secondary N) is 1. The van der Waals surface area contributed by atoms with Crippen LogP contribution in [0.2, 0.25) is 0 Å². The molecule has 0 saturated carbocycles. The molecule has 0 aromatic rings. The lowest BCUT2D eigenvalue weighted by molar-refractivity contribution is -0.132. The van der Waals surface area contributed by atoms with Gasteiger partial charge in [-0.2, -0.15) is 0 Å². The van der Waals surface area contributed by atoms with Gasteiger partial charge in [0.15, 0.2) is 0 Å². The molecule has 1 aliphatic heterocycles. The van der Waals surface area contributed by atoms with E-state index in [2.05, 4.69) is 26.1 Å². The first-order valence-electron chi connectivity index (χ1n) is 6.67. The Labute approximate surface area is 112 Å². The fraction of sp³-hybridized carbons (Fsp3) is 0.923. The van der Waals surface area contributed by atoms with Crippen LogP contribution in [0.3, 0.4) is 0 Å². The van der Waals surface area contributed by atoms with Crippen LogP contribution in [0.5, 0.6) is 0 Å². The van der Waals surface area contributed by atoms with E-state index in [1.54, 1.807) is 0 Å². The molecule has 1 heterocycles. The van der Waals surface area contributed by atoms with Crippen LogP contribution in [0.4, 0.5) is 0 Å². The average Bonchev–Trinajstić information content (AvgIpc) is 2.31. The third-order valence-electron chi connectivity index (χ3n) is 3.80. The first-order chi connectivity index (χ1) is 7.69. The van der Waals surface area contributed by atoms with E-state index < -0.39 is 0 Å². The summed E-state index contributed by atoms with van der Waals surface area (Å²) in [5.41, 5.74) is 0. The van der Waals surface area contributed by atoms with Crippen molar-refractivity contribution in [3.8, 4) is 0 Å². The predicted molar refractivity (Wildman–Crippen MR) is 74.6 cm³/mol. The van der Waals surface area contributed by atoms with Crippen LogP contribution in [0, 0.1) is 11.8 Å². The molecule has 1 fully saturated rings. The number of halogens is 1. The first-order valence-corrected chi connectivity index (χ1v) is 6.67. The average molecular weight is 263 g/mol. The molecule has 0 aromatic heterocycles. The van der Waals surface area contributed by atoms with E-state index in [4.69, 9.17) is 0 Å². The second-order valence-electron chi connectivity index (χ2n) is 4.83. The fourth-order valence-electron chi connectivity index (χ4n) is 2.56. The number of hydrogen-bond acceptors (Lipinski definition) is 2.